The maximum atomic E-state index is 10.9. The van der Waals surface area contributed by atoms with Crippen molar-refractivity contribution < 1.29 is 9.84 Å². The summed E-state index contributed by atoms with van der Waals surface area (Å²) in [6.45, 7) is 11.8. The van der Waals surface area contributed by atoms with Crippen molar-refractivity contribution in [3.05, 3.63) is 46.6 Å². The summed E-state index contributed by atoms with van der Waals surface area (Å²) in [4.78, 5) is 17.1. The second-order valence-electron chi connectivity index (χ2n) is 12.1. The predicted octanol–water partition coefficient (Wildman–Crippen LogP) is 7.56. The molecule has 0 saturated heterocycles. The zero-order chi connectivity index (χ0) is 27.5. The molecule has 7 heteroatoms. The minimum atomic E-state index is -0.168. The van der Waals surface area contributed by atoms with Gasteiger partial charge in [-0.2, -0.15) is 5.10 Å². The van der Waals surface area contributed by atoms with Gasteiger partial charge in [0.05, 0.1) is 12.5 Å². The summed E-state index contributed by atoms with van der Waals surface area (Å²) >= 11 is 0. The number of fused-ring (bicyclic) bond motifs is 2. The van der Waals surface area contributed by atoms with Crippen molar-refractivity contribution in [3.8, 4) is 11.5 Å². The highest BCUT2D eigenvalue weighted by Gasteiger charge is 2.31. The average Bonchev–Trinajstić information content (AvgIpc) is 3.35. The molecule has 0 bridgehead atoms. The van der Waals surface area contributed by atoms with E-state index in [-0.39, 0.29) is 11.2 Å². The van der Waals surface area contributed by atoms with Crippen molar-refractivity contribution in [2.75, 3.05) is 0 Å². The van der Waals surface area contributed by atoms with E-state index in [9.17, 15) is 9.90 Å². The maximum Gasteiger partial charge on any atom is 0.261 e. The number of rotatable bonds is 12. The molecule has 4 rings (SSSR count). The number of benzene rings is 1. The van der Waals surface area contributed by atoms with Gasteiger partial charge in [0.25, 0.3) is 5.56 Å². The lowest BCUT2D eigenvalue weighted by atomic mass is 9.86. The summed E-state index contributed by atoms with van der Waals surface area (Å²) in [6, 6.07) is 5.50. The molecular weight excluding hydrogens is 476 g/mol. The van der Waals surface area contributed by atoms with Gasteiger partial charge in [-0.25, -0.2) is 4.98 Å². The molecule has 0 amide bonds. The molecule has 1 aliphatic rings. The van der Waals surface area contributed by atoms with Crippen LogP contribution in [0.25, 0.3) is 11.0 Å². The number of hydrogen-bond donors (Lipinski definition) is 3. The summed E-state index contributed by atoms with van der Waals surface area (Å²) in [5.41, 5.74) is 1.45. The second-order valence-corrected chi connectivity index (χ2v) is 12.1. The first-order chi connectivity index (χ1) is 18.1. The van der Waals surface area contributed by atoms with E-state index >= 15 is 0 Å². The van der Waals surface area contributed by atoms with Gasteiger partial charge in [-0.15, -0.1) is 0 Å². The van der Waals surface area contributed by atoms with Crippen molar-refractivity contribution >= 4 is 11.0 Å². The van der Waals surface area contributed by atoms with Gasteiger partial charge in [0.2, 0.25) is 0 Å². The molecular formula is C31H48N4O3. The molecule has 0 radical (unpaired) electrons. The van der Waals surface area contributed by atoms with Gasteiger partial charge in [0.1, 0.15) is 22.5 Å². The van der Waals surface area contributed by atoms with Crippen molar-refractivity contribution in [2.45, 2.75) is 111 Å². The Bertz CT molecular complexity index is 1170. The predicted molar refractivity (Wildman–Crippen MR) is 155 cm³/mol. The Balaban J connectivity index is 0.000000329. The van der Waals surface area contributed by atoms with Crippen LogP contribution >= 0.6 is 0 Å². The molecule has 0 aliphatic carbocycles. The van der Waals surface area contributed by atoms with Crippen LogP contribution < -0.4 is 10.3 Å². The molecule has 3 N–H and O–H groups in total. The Morgan fingerprint density at radius 2 is 1.71 bits per heavy atom. The van der Waals surface area contributed by atoms with E-state index < -0.39 is 0 Å². The van der Waals surface area contributed by atoms with Crippen LogP contribution in [0.3, 0.4) is 0 Å². The monoisotopic (exact) mass is 524 g/mol. The number of nitrogens with one attached hydrogen (secondary N) is 2. The van der Waals surface area contributed by atoms with E-state index in [1.165, 1.54) is 63.9 Å². The van der Waals surface area contributed by atoms with Crippen LogP contribution in [0, 0.1) is 17.8 Å². The Morgan fingerprint density at radius 1 is 1.03 bits per heavy atom. The smallest absolute Gasteiger partial charge is 0.261 e. The fourth-order valence-corrected chi connectivity index (χ4v) is 5.33. The second kappa shape index (κ2) is 14.4. The van der Waals surface area contributed by atoms with Gasteiger partial charge in [0.15, 0.2) is 5.65 Å². The molecule has 1 aromatic carbocycles. The van der Waals surface area contributed by atoms with Crippen molar-refractivity contribution in [1.82, 2.24) is 20.2 Å². The highest BCUT2D eigenvalue weighted by molar-refractivity contribution is 5.71. The lowest BCUT2D eigenvalue weighted by Crippen LogP contribution is -2.36. The van der Waals surface area contributed by atoms with Crippen molar-refractivity contribution in [1.29, 1.82) is 0 Å². The van der Waals surface area contributed by atoms with Crippen LogP contribution in [-0.2, 0) is 6.42 Å². The average molecular weight is 525 g/mol. The normalized spacial score (nSPS) is 18.4. The van der Waals surface area contributed by atoms with Gasteiger partial charge in [0, 0.05) is 0 Å². The van der Waals surface area contributed by atoms with E-state index in [0.717, 1.165) is 48.3 Å². The summed E-state index contributed by atoms with van der Waals surface area (Å²) in [5.74, 6) is 3.86. The molecule has 210 valence electrons. The Hall–Kier alpha value is -2.83. The lowest BCUT2D eigenvalue weighted by molar-refractivity contribution is 0.0523. The minimum absolute atomic E-state index is 0.0470. The first kappa shape index (κ1) is 29.7. The van der Waals surface area contributed by atoms with Crippen LogP contribution in [0.5, 0.6) is 11.5 Å². The standard InChI is InChI=1S/C26H44O2.C5H4N4O/c1-20(2)9-6-10-21(3)11-7-12-22(4)13-8-17-26(5)18-16-23-19-24(27)14-15-25(23)28-26;10-5-3-1-8-9-4(3)6-2-7-5/h14-15,19-22,27H,6-13,16-18H2,1-5H3;1-2H,(H2,6,7,8,9,10). The number of aromatic amines is 2. The van der Waals surface area contributed by atoms with Crippen molar-refractivity contribution in [2.24, 2.45) is 17.8 Å². The Morgan fingerprint density at radius 3 is 2.39 bits per heavy atom. The Kier molecular flexibility index (Phi) is 11.2. The highest BCUT2D eigenvalue weighted by Crippen LogP contribution is 2.37. The number of aromatic hydroxyl groups is 1. The number of aryl methyl sites for hydroxylation is 1. The van der Waals surface area contributed by atoms with Gasteiger partial charge < -0.3 is 14.8 Å². The first-order valence-electron chi connectivity index (χ1n) is 14.5. The number of hydrogen-bond acceptors (Lipinski definition) is 5. The largest absolute Gasteiger partial charge is 0.508 e. The molecule has 3 heterocycles. The molecule has 3 atom stereocenters. The number of H-pyrrole nitrogens is 2. The summed E-state index contributed by atoms with van der Waals surface area (Å²) in [7, 11) is 0. The number of ether oxygens (including phenoxy) is 1. The van der Waals surface area contributed by atoms with Crippen LogP contribution in [0.2, 0.25) is 0 Å². The van der Waals surface area contributed by atoms with E-state index in [4.69, 9.17) is 4.74 Å². The highest BCUT2D eigenvalue weighted by atomic mass is 16.5. The summed E-state index contributed by atoms with van der Waals surface area (Å²) in [6.07, 6.45) is 16.8. The molecule has 0 saturated carbocycles. The molecule has 2 aromatic heterocycles. The fraction of sp³-hybridized carbons (Fsp3) is 0.645. The third-order valence-electron chi connectivity index (χ3n) is 7.85. The van der Waals surface area contributed by atoms with Crippen LogP contribution in [-0.4, -0.2) is 30.9 Å². The van der Waals surface area contributed by atoms with Crippen LogP contribution in [0.1, 0.15) is 104 Å². The van der Waals surface area contributed by atoms with E-state index in [2.05, 4.69) is 54.8 Å². The quantitative estimate of drug-likeness (QED) is 0.227. The van der Waals surface area contributed by atoms with E-state index in [1.54, 1.807) is 6.07 Å². The number of aromatic nitrogens is 4. The van der Waals surface area contributed by atoms with Gasteiger partial charge in [-0.3, -0.25) is 9.89 Å². The van der Waals surface area contributed by atoms with Crippen LogP contribution in [0.15, 0.2) is 35.5 Å². The lowest BCUT2D eigenvalue weighted by Gasteiger charge is -2.36. The topological polar surface area (TPSA) is 104 Å². The SMILES string of the molecule is CC(C)CCCC(C)CCCC(C)CCCC1(C)CCc2cc(O)ccc2O1.O=c1[nH]cnc2[nH]ncc12. The first-order valence-corrected chi connectivity index (χ1v) is 14.5. The zero-order valence-electron chi connectivity index (χ0n) is 24.1. The molecule has 3 unspecified atom stereocenters. The molecule has 0 spiro atoms. The number of phenols is 1. The molecule has 1 aliphatic heterocycles. The minimum Gasteiger partial charge on any atom is -0.508 e. The van der Waals surface area contributed by atoms with E-state index in [1.807, 2.05) is 12.1 Å². The molecule has 3 aromatic rings. The van der Waals surface area contributed by atoms with Gasteiger partial charge in [-0.1, -0.05) is 72.6 Å². The summed E-state index contributed by atoms with van der Waals surface area (Å²) in [5, 5.41) is 16.4. The summed E-state index contributed by atoms with van der Waals surface area (Å²) < 4.78 is 6.31. The van der Waals surface area contributed by atoms with Crippen LogP contribution in [0.4, 0.5) is 0 Å². The number of phenolic OH excluding ortho intramolecular Hbond substituents is 1. The van der Waals surface area contributed by atoms with Gasteiger partial charge >= 0.3 is 0 Å². The zero-order valence-corrected chi connectivity index (χ0v) is 24.1. The molecule has 0 fully saturated rings. The molecule has 38 heavy (non-hydrogen) atoms. The maximum absolute atomic E-state index is 10.9. The Labute approximate surface area is 227 Å². The van der Waals surface area contributed by atoms with Gasteiger partial charge in [-0.05, 0) is 74.1 Å². The van der Waals surface area contributed by atoms with E-state index in [0.29, 0.717) is 16.8 Å². The third kappa shape index (κ3) is 9.48. The fourth-order valence-electron chi connectivity index (χ4n) is 5.33. The molecule has 7 nitrogen and oxygen atoms in total. The van der Waals surface area contributed by atoms with Crippen molar-refractivity contribution in [3.63, 3.8) is 0 Å². The third-order valence-corrected chi connectivity index (χ3v) is 7.85. The number of nitrogens with zero attached hydrogens (tertiary/aromatic N) is 2.